The summed E-state index contributed by atoms with van der Waals surface area (Å²) in [6.45, 7) is 3.93. The van der Waals surface area contributed by atoms with Gasteiger partial charge in [0.15, 0.2) is 0 Å². The maximum absolute atomic E-state index is 5.34. The second-order valence-corrected chi connectivity index (χ2v) is 5.36. The van der Waals surface area contributed by atoms with Crippen LogP contribution in [0.3, 0.4) is 0 Å². The van der Waals surface area contributed by atoms with Crippen LogP contribution in [0.1, 0.15) is 18.4 Å². The van der Waals surface area contributed by atoms with Crippen molar-refractivity contribution in [1.82, 2.24) is 5.32 Å². The van der Waals surface area contributed by atoms with Gasteiger partial charge >= 0.3 is 0 Å². The normalized spacial score (nSPS) is 26.9. The molecule has 2 unspecified atom stereocenters. The molecule has 0 aromatic heterocycles. The summed E-state index contributed by atoms with van der Waals surface area (Å²) in [5.41, 5.74) is 1.35. The first-order valence-electron chi connectivity index (χ1n) is 6.88. The first-order valence-corrected chi connectivity index (χ1v) is 6.88. The Labute approximate surface area is 108 Å². The van der Waals surface area contributed by atoms with Crippen molar-refractivity contribution in [3.8, 4) is 0 Å². The molecule has 18 heavy (non-hydrogen) atoms. The summed E-state index contributed by atoms with van der Waals surface area (Å²) in [5, 5.41) is 3.56. The van der Waals surface area contributed by atoms with Crippen LogP contribution in [0.4, 0.5) is 0 Å². The minimum Gasteiger partial charge on any atom is -0.373 e. The number of hydrogen-bond acceptors (Lipinski definition) is 3. The van der Waals surface area contributed by atoms with Gasteiger partial charge in [0.2, 0.25) is 0 Å². The van der Waals surface area contributed by atoms with Crippen molar-refractivity contribution >= 4 is 0 Å². The zero-order chi connectivity index (χ0) is 12.2. The van der Waals surface area contributed by atoms with Gasteiger partial charge in [-0.2, -0.15) is 0 Å². The van der Waals surface area contributed by atoms with Crippen LogP contribution in [0, 0.1) is 5.92 Å². The molecule has 0 saturated carbocycles. The Balaban J connectivity index is 1.40. The largest absolute Gasteiger partial charge is 0.373 e. The Hall–Kier alpha value is -0.900. The van der Waals surface area contributed by atoms with Gasteiger partial charge in [-0.3, -0.25) is 0 Å². The van der Waals surface area contributed by atoms with Crippen molar-refractivity contribution in [3.63, 3.8) is 0 Å². The van der Waals surface area contributed by atoms with E-state index >= 15 is 0 Å². The van der Waals surface area contributed by atoms with Crippen LogP contribution in [-0.4, -0.2) is 32.0 Å². The Morgan fingerprint density at radius 2 is 1.67 bits per heavy atom. The summed E-state index contributed by atoms with van der Waals surface area (Å²) in [5.74, 6) is 0.689. The lowest BCUT2D eigenvalue weighted by Gasteiger charge is -2.15. The Bertz CT molecular complexity index is 346. The lowest BCUT2D eigenvalue weighted by Crippen LogP contribution is -2.24. The van der Waals surface area contributed by atoms with Gasteiger partial charge < -0.3 is 14.8 Å². The maximum Gasteiger partial charge on any atom is 0.0813 e. The average molecular weight is 247 g/mol. The molecule has 0 spiro atoms. The van der Waals surface area contributed by atoms with Gasteiger partial charge in [0.05, 0.1) is 25.4 Å². The van der Waals surface area contributed by atoms with Gasteiger partial charge in [-0.1, -0.05) is 30.3 Å². The van der Waals surface area contributed by atoms with Gasteiger partial charge in [-0.25, -0.2) is 0 Å². The molecule has 2 saturated heterocycles. The molecule has 98 valence electrons. The minimum atomic E-state index is 0.521. The molecule has 1 aromatic rings. The zero-order valence-electron chi connectivity index (χ0n) is 10.7. The van der Waals surface area contributed by atoms with Crippen LogP contribution >= 0.6 is 0 Å². The highest BCUT2D eigenvalue weighted by Crippen LogP contribution is 2.26. The lowest BCUT2D eigenvalue weighted by atomic mass is 9.97. The molecule has 0 radical (unpaired) electrons. The molecule has 3 rings (SSSR count). The molecule has 1 N–H and O–H groups in total. The highest BCUT2D eigenvalue weighted by atomic mass is 16.6. The predicted molar refractivity (Wildman–Crippen MR) is 70.4 cm³/mol. The second-order valence-electron chi connectivity index (χ2n) is 5.36. The van der Waals surface area contributed by atoms with Crippen LogP contribution in [0.25, 0.3) is 0 Å². The van der Waals surface area contributed by atoms with Crippen molar-refractivity contribution in [2.75, 3.05) is 19.8 Å². The molecule has 2 aliphatic heterocycles. The topological polar surface area (TPSA) is 37.1 Å². The third kappa shape index (κ3) is 4.09. The fraction of sp³-hybridized carbons (Fsp3) is 0.600. The van der Waals surface area contributed by atoms with Crippen LogP contribution in [-0.2, 0) is 16.0 Å². The van der Waals surface area contributed by atoms with E-state index in [1.165, 1.54) is 18.4 Å². The fourth-order valence-electron chi connectivity index (χ4n) is 2.43. The monoisotopic (exact) mass is 247 g/mol. The van der Waals surface area contributed by atoms with Gasteiger partial charge in [0.25, 0.3) is 0 Å². The summed E-state index contributed by atoms with van der Waals surface area (Å²) < 4.78 is 10.7. The highest BCUT2D eigenvalue weighted by molar-refractivity contribution is 5.14. The molecule has 0 aliphatic carbocycles. The summed E-state index contributed by atoms with van der Waals surface area (Å²) in [6, 6.07) is 10.6. The summed E-state index contributed by atoms with van der Waals surface area (Å²) in [6.07, 6.45) is 3.41. The Kier molecular flexibility index (Phi) is 3.93. The molecule has 2 heterocycles. The molecule has 0 bridgehead atoms. The highest BCUT2D eigenvalue weighted by Gasteiger charge is 2.31. The molecule has 0 amide bonds. The van der Waals surface area contributed by atoms with Crippen LogP contribution in [0.5, 0.6) is 0 Å². The van der Waals surface area contributed by atoms with Crippen molar-refractivity contribution < 1.29 is 9.47 Å². The van der Waals surface area contributed by atoms with Crippen molar-refractivity contribution in [2.45, 2.75) is 31.6 Å². The molecule has 2 fully saturated rings. The van der Waals surface area contributed by atoms with E-state index in [9.17, 15) is 0 Å². The quantitative estimate of drug-likeness (QED) is 0.714. The average Bonchev–Trinajstić information content (AvgIpc) is 3.26. The Morgan fingerprint density at radius 1 is 1.06 bits per heavy atom. The second kappa shape index (κ2) is 5.83. The molecule has 2 atom stereocenters. The van der Waals surface area contributed by atoms with Crippen molar-refractivity contribution in [2.24, 2.45) is 5.92 Å². The minimum absolute atomic E-state index is 0.521. The standard InChI is InChI=1S/C15H21NO2/c1-2-4-12(5-3-1)8-16-9-13(6-14-10-17-14)7-15-11-18-15/h1-5,13-16H,6-11H2. The number of epoxide rings is 2. The zero-order valence-corrected chi connectivity index (χ0v) is 10.7. The molecule has 1 aromatic carbocycles. The SMILES string of the molecule is c1ccc(CNCC(CC2CO2)CC2CO2)cc1. The van der Waals surface area contributed by atoms with Gasteiger partial charge in [0.1, 0.15) is 0 Å². The number of benzene rings is 1. The smallest absolute Gasteiger partial charge is 0.0813 e. The lowest BCUT2D eigenvalue weighted by molar-refractivity contribution is 0.300. The molecular weight excluding hydrogens is 226 g/mol. The van der Waals surface area contributed by atoms with E-state index in [1.54, 1.807) is 0 Å². The van der Waals surface area contributed by atoms with E-state index in [4.69, 9.17) is 9.47 Å². The van der Waals surface area contributed by atoms with E-state index in [-0.39, 0.29) is 0 Å². The molecule has 2 aliphatic rings. The van der Waals surface area contributed by atoms with Crippen molar-refractivity contribution in [1.29, 1.82) is 0 Å². The number of nitrogens with one attached hydrogen (secondary N) is 1. The third-order valence-electron chi connectivity index (χ3n) is 3.60. The van der Waals surface area contributed by atoms with Crippen LogP contribution < -0.4 is 5.32 Å². The van der Waals surface area contributed by atoms with Crippen molar-refractivity contribution in [3.05, 3.63) is 35.9 Å². The number of rotatable bonds is 8. The van der Waals surface area contributed by atoms with E-state index in [0.29, 0.717) is 18.1 Å². The van der Waals surface area contributed by atoms with Gasteiger partial charge in [-0.15, -0.1) is 0 Å². The summed E-state index contributed by atoms with van der Waals surface area (Å²) in [4.78, 5) is 0. The molecular formula is C15H21NO2. The maximum atomic E-state index is 5.34. The number of hydrogen-bond donors (Lipinski definition) is 1. The van der Waals surface area contributed by atoms with Crippen LogP contribution in [0.15, 0.2) is 30.3 Å². The summed E-state index contributed by atoms with van der Waals surface area (Å²) in [7, 11) is 0. The van der Waals surface area contributed by atoms with E-state index < -0.39 is 0 Å². The first-order chi connectivity index (χ1) is 8.90. The Morgan fingerprint density at radius 3 is 2.22 bits per heavy atom. The fourth-order valence-corrected chi connectivity index (χ4v) is 2.43. The molecule has 3 heteroatoms. The van der Waals surface area contributed by atoms with E-state index in [0.717, 1.165) is 26.3 Å². The molecule has 3 nitrogen and oxygen atoms in total. The van der Waals surface area contributed by atoms with E-state index in [2.05, 4.69) is 35.6 Å². The van der Waals surface area contributed by atoms with Crippen LogP contribution in [0.2, 0.25) is 0 Å². The number of ether oxygens (including phenoxy) is 2. The van der Waals surface area contributed by atoms with Gasteiger partial charge in [0, 0.05) is 6.54 Å². The van der Waals surface area contributed by atoms with E-state index in [1.807, 2.05) is 0 Å². The summed E-state index contributed by atoms with van der Waals surface area (Å²) >= 11 is 0. The predicted octanol–water partition coefficient (Wildman–Crippen LogP) is 1.97. The van der Waals surface area contributed by atoms with Gasteiger partial charge in [-0.05, 0) is 30.9 Å². The first kappa shape index (κ1) is 12.2. The third-order valence-corrected chi connectivity index (χ3v) is 3.60.